The van der Waals surface area contributed by atoms with Gasteiger partial charge in [-0.1, -0.05) is 18.2 Å². The van der Waals surface area contributed by atoms with Crippen LogP contribution in [-0.4, -0.2) is 21.4 Å². The lowest BCUT2D eigenvalue weighted by Crippen LogP contribution is -2.35. The predicted octanol–water partition coefficient (Wildman–Crippen LogP) is 4.76. The first kappa shape index (κ1) is 20.3. The number of anilines is 1. The highest BCUT2D eigenvalue weighted by molar-refractivity contribution is 7.16. The number of nitrogen functional groups attached to an aromatic ring is 1. The predicted molar refractivity (Wildman–Crippen MR) is 118 cm³/mol. The topological polar surface area (TPSA) is 92.9 Å². The van der Waals surface area contributed by atoms with Gasteiger partial charge in [-0.05, 0) is 30.7 Å². The van der Waals surface area contributed by atoms with Crippen LogP contribution in [0.5, 0.6) is 0 Å². The molecule has 0 aromatic carbocycles. The molecule has 0 fully saturated rings. The zero-order valence-electron chi connectivity index (χ0n) is 15.8. The third-order valence-corrected chi connectivity index (χ3v) is 6.06. The van der Waals surface area contributed by atoms with E-state index in [4.69, 9.17) is 17.3 Å². The van der Waals surface area contributed by atoms with Crippen molar-refractivity contribution in [2.45, 2.75) is 24.1 Å². The highest BCUT2D eigenvalue weighted by atomic mass is 35.5. The molecule has 6 nitrogen and oxygen atoms in total. The number of hydrogen-bond acceptors (Lipinski definition) is 5. The van der Waals surface area contributed by atoms with Gasteiger partial charge in [0.1, 0.15) is 5.83 Å². The number of nitrogens with one attached hydrogen (secondary N) is 2. The van der Waals surface area contributed by atoms with Crippen molar-refractivity contribution in [3.05, 3.63) is 77.0 Å². The van der Waals surface area contributed by atoms with Crippen LogP contribution in [0.25, 0.3) is 11.3 Å². The number of rotatable bonds is 4. The maximum atomic E-state index is 14.4. The van der Waals surface area contributed by atoms with Crippen LogP contribution in [0.15, 0.2) is 72.1 Å². The molecule has 30 heavy (non-hydrogen) atoms. The third kappa shape index (κ3) is 4.60. The summed E-state index contributed by atoms with van der Waals surface area (Å²) in [5.74, 6) is -0.637. The number of nitrogens with two attached hydrogens (primary N) is 1. The summed E-state index contributed by atoms with van der Waals surface area (Å²) in [6, 6.07) is 3.20. The average Bonchev–Trinajstić information content (AvgIpc) is 3.14. The second-order valence-corrected chi connectivity index (χ2v) is 8.47. The fraction of sp³-hybridized carbons (Fsp3) is 0.190. The molecular formula is C21H19ClFN5OS. The van der Waals surface area contributed by atoms with Crippen molar-refractivity contribution in [1.29, 1.82) is 0 Å². The van der Waals surface area contributed by atoms with Crippen molar-refractivity contribution in [2.24, 2.45) is 0 Å². The summed E-state index contributed by atoms with van der Waals surface area (Å²) >= 11 is 7.34. The quantitative estimate of drug-likeness (QED) is 0.594. The van der Waals surface area contributed by atoms with Crippen molar-refractivity contribution in [3.8, 4) is 11.3 Å². The van der Waals surface area contributed by atoms with Crippen LogP contribution < -0.4 is 16.4 Å². The first-order valence-electron chi connectivity index (χ1n) is 9.33. The summed E-state index contributed by atoms with van der Waals surface area (Å²) in [5, 5.41) is 5.69. The lowest BCUT2D eigenvalue weighted by molar-refractivity contribution is 0.245. The van der Waals surface area contributed by atoms with Gasteiger partial charge < -0.3 is 16.4 Å². The van der Waals surface area contributed by atoms with Gasteiger partial charge in [0.2, 0.25) is 0 Å². The standard InChI is InChI=1S/C21H19ClFN5OS/c22-14-2-4-15(5-3-14)26-21(29)27-17-11-13(1-6-16(17)23)19-18(28-20(24)30-19)12-7-9-25-10-8-12/h1-2,4-10,13-14H,3,11H2,(H2,24,28)(H2,26,27,29). The molecule has 4 N–H and O–H groups in total. The molecule has 154 valence electrons. The number of alkyl halides is 1. The number of carbonyl (C=O) groups is 1. The first-order chi connectivity index (χ1) is 14.5. The van der Waals surface area contributed by atoms with Crippen LogP contribution >= 0.6 is 22.9 Å². The zero-order chi connectivity index (χ0) is 21.1. The fourth-order valence-corrected chi connectivity index (χ4v) is 4.38. The summed E-state index contributed by atoms with van der Waals surface area (Å²) < 4.78 is 14.4. The Morgan fingerprint density at radius 2 is 2.03 bits per heavy atom. The Bertz CT molecular complexity index is 1080. The van der Waals surface area contributed by atoms with E-state index >= 15 is 0 Å². The van der Waals surface area contributed by atoms with Gasteiger partial charge in [0, 0.05) is 40.9 Å². The minimum Gasteiger partial charge on any atom is -0.375 e. The van der Waals surface area contributed by atoms with Crippen LogP contribution in [-0.2, 0) is 0 Å². The highest BCUT2D eigenvalue weighted by Crippen LogP contribution is 2.40. The summed E-state index contributed by atoms with van der Waals surface area (Å²) in [4.78, 5) is 21.7. The van der Waals surface area contributed by atoms with Gasteiger partial charge in [0.15, 0.2) is 5.13 Å². The second kappa shape index (κ2) is 8.81. The molecule has 0 bridgehead atoms. The minimum absolute atomic E-state index is 0.0792. The van der Waals surface area contributed by atoms with Gasteiger partial charge in [-0.3, -0.25) is 4.98 Å². The van der Waals surface area contributed by atoms with Crippen molar-refractivity contribution in [1.82, 2.24) is 20.6 Å². The smallest absolute Gasteiger partial charge is 0.323 e. The number of allylic oxidation sites excluding steroid dienone is 7. The Balaban J connectivity index is 1.49. The molecule has 0 aliphatic heterocycles. The van der Waals surface area contributed by atoms with Crippen LogP contribution in [0.4, 0.5) is 14.3 Å². The monoisotopic (exact) mass is 443 g/mol. The van der Waals surface area contributed by atoms with Crippen LogP contribution in [0.2, 0.25) is 0 Å². The number of amides is 2. The van der Waals surface area contributed by atoms with E-state index in [0.29, 0.717) is 17.2 Å². The van der Waals surface area contributed by atoms with Gasteiger partial charge >= 0.3 is 6.03 Å². The van der Waals surface area contributed by atoms with E-state index < -0.39 is 11.9 Å². The molecule has 0 spiro atoms. The number of hydrogen-bond donors (Lipinski definition) is 3. The van der Waals surface area contributed by atoms with E-state index in [2.05, 4.69) is 20.6 Å². The van der Waals surface area contributed by atoms with Gasteiger partial charge in [-0.2, -0.15) is 0 Å². The molecule has 2 aromatic heterocycles. The third-order valence-electron chi connectivity index (χ3n) is 4.72. The molecule has 2 amide bonds. The molecule has 2 aliphatic rings. The average molecular weight is 444 g/mol. The number of carbonyl (C=O) groups excluding carboxylic acids is 1. The van der Waals surface area contributed by atoms with Crippen LogP contribution in [0, 0.1) is 0 Å². The van der Waals surface area contributed by atoms with Crippen molar-refractivity contribution in [3.63, 3.8) is 0 Å². The Labute approximate surface area is 182 Å². The highest BCUT2D eigenvalue weighted by Gasteiger charge is 2.25. The Hall–Kier alpha value is -2.97. The van der Waals surface area contributed by atoms with E-state index in [1.807, 2.05) is 18.2 Å². The maximum Gasteiger partial charge on any atom is 0.323 e. The molecule has 9 heteroatoms. The van der Waals surface area contributed by atoms with Crippen LogP contribution in [0.3, 0.4) is 0 Å². The molecule has 2 aromatic rings. The molecule has 0 saturated carbocycles. The molecular weight excluding hydrogens is 425 g/mol. The Morgan fingerprint density at radius 3 is 2.77 bits per heavy atom. The SMILES string of the molecule is Nc1nc(-c2ccncc2)c(C2C=CC(F)=C(NC(=O)NC3=CCC(Cl)C=C3)C2)s1. The molecule has 2 atom stereocenters. The molecule has 0 radical (unpaired) electrons. The lowest BCUT2D eigenvalue weighted by Gasteiger charge is -2.21. The van der Waals surface area contributed by atoms with Crippen LogP contribution in [0.1, 0.15) is 23.6 Å². The number of halogens is 2. The van der Waals surface area contributed by atoms with Gasteiger partial charge in [0.05, 0.1) is 16.8 Å². The summed E-state index contributed by atoms with van der Waals surface area (Å²) in [6.45, 7) is 0. The molecule has 2 aliphatic carbocycles. The van der Waals surface area contributed by atoms with Crippen molar-refractivity contribution >= 4 is 34.1 Å². The number of thiazole rings is 1. The van der Waals surface area contributed by atoms with Crippen molar-refractivity contribution in [2.75, 3.05) is 5.73 Å². The van der Waals surface area contributed by atoms with E-state index in [1.54, 1.807) is 30.6 Å². The number of urea groups is 1. The van der Waals surface area contributed by atoms with E-state index in [-0.39, 0.29) is 23.4 Å². The maximum absolute atomic E-state index is 14.4. The van der Waals surface area contributed by atoms with Gasteiger partial charge in [0.25, 0.3) is 0 Å². The lowest BCUT2D eigenvalue weighted by atomic mass is 9.93. The summed E-state index contributed by atoms with van der Waals surface area (Å²) in [5.41, 5.74) is 8.43. The van der Waals surface area contributed by atoms with E-state index in [9.17, 15) is 9.18 Å². The Morgan fingerprint density at radius 1 is 1.23 bits per heavy atom. The molecule has 0 saturated heterocycles. The zero-order valence-corrected chi connectivity index (χ0v) is 17.4. The minimum atomic E-state index is -0.503. The largest absolute Gasteiger partial charge is 0.375 e. The first-order valence-corrected chi connectivity index (χ1v) is 10.6. The normalized spacial score (nSPS) is 20.8. The number of aromatic nitrogens is 2. The summed E-state index contributed by atoms with van der Waals surface area (Å²) in [7, 11) is 0. The van der Waals surface area contributed by atoms with Gasteiger partial charge in [-0.25, -0.2) is 14.2 Å². The molecule has 4 rings (SSSR count). The van der Waals surface area contributed by atoms with E-state index in [0.717, 1.165) is 16.1 Å². The fourth-order valence-electron chi connectivity index (χ4n) is 3.28. The number of nitrogens with zero attached hydrogens (tertiary/aromatic N) is 2. The molecule has 2 heterocycles. The second-order valence-electron chi connectivity index (χ2n) is 6.85. The van der Waals surface area contributed by atoms with Crippen molar-refractivity contribution < 1.29 is 9.18 Å². The van der Waals surface area contributed by atoms with E-state index in [1.165, 1.54) is 17.4 Å². The summed E-state index contributed by atoms with van der Waals surface area (Å²) in [6.07, 6.45) is 12.8. The van der Waals surface area contributed by atoms with Gasteiger partial charge in [-0.15, -0.1) is 22.9 Å². The molecule has 2 unspecified atom stereocenters. The number of pyridine rings is 1. The Kier molecular flexibility index (Phi) is 5.96.